The van der Waals surface area contributed by atoms with E-state index in [0.29, 0.717) is 52.8 Å². The van der Waals surface area contributed by atoms with E-state index in [0.717, 1.165) is 12.8 Å². The second kappa shape index (κ2) is 10.7. The molecule has 1 aromatic heterocycles. The number of imidazole rings is 1. The van der Waals surface area contributed by atoms with Crippen molar-refractivity contribution in [1.82, 2.24) is 31.0 Å². The highest BCUT2D eigenvalue weighted by Gasteiger charge is 2.36. The molecular weight excluding hydrogens is 489 g/mol. The first-order valence-corrected chi connectivity index (χ1v) is 12.8. The molecule has 200 valence electrons. The van der Waals surface area contributed by atoms with Gasteiger partial charge in [0.25, 0.3) is 0 Å². The highest BCUT2D eigenvalue weighted by atomic mass is 19.1. The number of H-pyrrole nitrogens is 2. The van der Waals surface area contributed by atoms with Gasteiger partial charge >= 0.3 is 5.69 Å². The number of para-hydroxylation sites is 1. The molecule has 7 N–H and O–H groups in total. The third kappa shape index (κ3) is 5.14. The van der Waals surface area contributed by atoms with Crippen LogP contribution >= 0.6 is 0 Å². The first-order chi connectivity index (χ1) is 18.4. The fourth-order valence-corrected chi connectivity index (χ4v) is 5.26. The fraction of sp³-hybridized carbons (Fsp3) is 0.370. The number of likely N-dealkylation sites (tertiary alicyclic amines) is 1. The number of aromatic amines is 2. The molecule has 2 atom stereocenters. The maximum atomic E-state index is 15.1. The zero-order valence-electron chi connectivity index (χ0n) is 21.1. The molecule has 2 aliphatic rings. The van der Waals surface area contributed by atoms with Gasteiger partial charge in [-0.3, -0.25) is 9.59 Å². The number of hydrogen-bond donors (Lipinski definition) is 6. The van der Waals surface area contributed by atoms with E-state index in [2.05, 4.69) is 26.1 Å². The van der Waals surface area contributed by atoms with Crippen LogP contribution in [0.2, 0.25) is 0 Å². The smallest absolute Gasteiger partial charge is 0.323 e. The van der Waals surface area contributed by atoms with E-state index in [9.17, 15) is 14.4 Å². The summed E-state index contributed by atoms with van der Waals surface area (Å²) in [6.45, 7) is 0.449. The summed E-state index contributed by atoms with van der Waals surface area (Å²) in [5.74, 6) is -0.642. The van der Waals surface area contributed by atoms with E-state index in [1.54, 1.807) is 36.2 Å². The molecule has 11 heteroatoms. The van der Waals surface area contributed by atoms with Gasteiger partial charge in [-0.15, -0.1) is 0 Å². The van der Waals surface area contributed by atoms with Crippen LogP contribution in [-0.2, 0) is 9.59 Å². The number of rotatable bonds is 9. The van der Waals surface area contributed by atoms with Crippen LogP contribution in [0.25, 0.3) is 11.0 Å². The lowest BCUT2D eigenvalue weighted by Crippen LogP contribution is -2.47. The van der Waals surface area contributed by atoms with Crippen LogP contribution in [0.1, 0.15) is 60.8 Å². The van der Waals surface area contributed by atoms with Crippen molar-refractivity contribution in [1.29, 1.82) is 0 Å². The molecule has 1 aliphatic heterocycles. The summed E-state index contributed by atoms with van der Waals surface area (Å²) in [7, 11) is 1.67. The number of carbonyl (C=O) groups is 2. The minimum atomic E-state index is -0.747. The van der Waals surface area contributed by atoms with Crippen molar-refractivity contribution in [3.63, 3.8) is 0 Å². The summed E-state index contributed by atoms with van der Waals surface area (Å²) in [5, 5.41) is 3.06. The molecule has 0 radical (unpaired) electrons. The largest absolute Gasteiger partial charge is 0.403 e. The van der Waals surface area contributed by atoms with E-state index in [4.69, 9.17) is 5.73 Å². The molecule has 1 aliphatic carbocycles. The van der Waals surface area contributed by atoms with Gasteiger partial charge in [0, 0.05) is 25.4 Å². The van der Waals surface area contributed by atoms with Crippen LogP contribution < -0.4 is 27.6 Å². The van der Waals surface area contributed by atoms with Crippen molar-refractivity contribution >= 4 is 22.8 Å². The average molecular weight is 522 g/mol. The molecule has 2 aromatic carbocycles. The number of carbonyl (C=O) groups excluding carboxylic acids is 2. The standard InChI is InChI=1S/C27H32FN7O3/c1-30-34-17(14-29)13-23(36)35-11-3-6-22(35)26(37)32-24(16-9-10-18(15-7-8-15)20(28)12-16)19-4-2-5-21-25(19)33-27(38)31-21/h2,4-5,9-10,12,14-15,22,24,30,34H,3,6-8,11,13,29H2,1H3,(H,32,37)(H2,31,33,38)/b17-14-/t22-,24?/m0/s1. The zero-order valence-corrected chi connectivity index (χ0v) is 21.1. The summed E-state index contributed by atoms with van der Waals surface area (Å²) in [5.41, 5.74) is 14.3. The van der Waals surface area contributed by atoms with Crippen LogP contribution in [0.5, 0.6) is 0 Å². The predicted octanol–water partition coefficient (Wildman–Crippen LogP) is 1.98. The Bertz CT molecular complexity index is 1440. The summed E-state index contributed by atoms with van der Waals surface area (Å²) in [6, 6.07) is 8.96. The lowest BCUT2D eigenvalue weighted by Gasteiger charge is -2.28. The number of benzene rings is 2. The first kappa shape index (κ1) is 25.5. The van der Waals surface area contributed by atoms with Crippen molar-refractivity contribution in [3.05, 3.63) is 81.3 Å². The van der Waals surface area contributed by atoms with Gasteiger partial charge in [-0.05, 0) is 54.9 Å². The Labute approximate surface area is 218 Å². The molecule has 2 amide bonds. The third-order valence-corrected chi connectivity index (χ3v) is 7.26. The van der Waals surface area contributed by atoms with Crippen LogP contribution in [0.15, 0.2) is 53.1 Å². The summed E-state index contributed by atoms with van der Waals surface area (Å²) in [6.07, 6.45) is 4.45. The number of hydrogen-bond acceptors (Lipinski definition) is 6. The first-order valence-electron chi connectivity index (χ1n) is 12.8. The second-order valence-corrected chi connectivity index (χ2v) is 9.83. The molecule has 1 unspecified atom stereocenters. The van der Waals surface area contributed by atoms with Gasteiger partial charge in [0.2, 0.25) is 11.8 Å². The maximum absolute atomic E-state index is 15.1. The number of amides is 2. The zero-order chi connectivity index (χ0) is 26.8. The molecule has 1 saturated heterocycles. The topological polar surface area (TPSA) is 148 Å². The molecule has 1 saturated carbocycles. The Kier molecular flexibility index (Phi) is 7.19. The number of hydrazine groups is 1. The second-order valence-electron chi connectivity index (χ2n) is 9.83. The molecule has 0 bridgehead atoms. The lowest BCUT2D eigenvalue weighted by molar-refractivity contribution is -0.138. The van der Waals surface area contributed by atoms with Crippen LogP contribution in [0, 0.1) is 5.82 Å². The van der Waals surface area contributed by atoms with Crippen LogP contribution in [-0.4, -0.2) is 46.3 Å². The molecule has 2 fully saturated rings. The van der Waals surface area contributed by atoms with E-state index < -0.39 is 12.1 Å². The van der Waals surface area contributed by atoms with Gasteiger partial charge in [0.1, 0.15) is 11.9 Å². The van der Waals surface area contributed by atoms with Crippen LogP contribution in [0.3, 0.4) is 0 Å². The Morgan fingerprint density at radius 1 is 1.21 bits per heavy atom. The highest BCUT2D eigenvalue weighted by Crippen LogP contribution is 2.42. The van der Waals surface area contributed by atoms with Gasteiger partial charge in [-0.1, -0.05) is 24.3 Å². The Morgan fingerprint density at radius 2 is 2.03 bits per heavy atom. The van der Waals surface area contributed by atoms with Gasteiger partial charge in [0.15, 0.2) is 0 Å². The summed E-state index contributed by atoms with van der Waals surface area (Å²) in [4.78, 5) is 45.9. The van der Waals surface area contributed by atoms with E-state index in [1.807, 2.05) is 6.07 Å². The normalized spacial score (nSPS) is 18.5. The van der Waals surface area contributed by atoms with E-state index in [1.165, 1.54) is 12.3 Å². The highest BCUT2D eigenvalue weighted by molar-refractivity contribution is 5.90. The molecular formula is C27H32FN7O3. The number of nitrogens with zero attached hydrogens (tertiary/aromatic N) is 1. The number of aromatic nitrogens is 2. The van der Waals surface area contributed by atoms with Crippen molar-refractivity contribution in [3.8, 4) is 0 Å². The minimum absolute atomic E-state index is 0.0162. The SMILES string of the molecule is CNN/C(=C\N)CC(=O)N1CCC[C@H]1C(=O)NC(c1ccc(C2CC2)c(F)c1)c1cccc2[nH]c(=O)[nH]c12. The summed E-state index contributed by atoms with van der Waals surface area (Å²) < 4.78 is 15.1. The molecule has 10 nitrogen and oxygen atoms in total. The van der Waals surface area contributed by atoms with Crippen molar-refractivity contribution in [2.24, 2.45) is 5.73 Å². The maximum Gasteiger partial charge on any atom is 0.323 e. The number of halogens is 1. The quantitative estimate of drug-likeness (QED) is 0.237. The molecule has 3 aromatic rings. The van der Waals surface area contributed by atoms with Crippen molar-refractivity contribution in [2.45, 2.75) is 50.1 Å². The Balaban J connectivity index is 1.45. The number of fused-ring (bicyclic) bond motifs is 1. The fourth-order valence-electron chi connectivity index (χ4n) is 5.26. The summed E-state index contributed by atoms with van der Waals surface area (Å²) >= 11 is 0. The van der Waals surface area contributed by atoms with Crippen molar-refractivity contribution < 1.29 is 14.0 Å². The molecule has 5 rings (SSSR count). The lowest BCUT2D eigenvalue weighted by atomic mass is 9.95. The predicted molar refractivity (Wildman–Crippen MR) is 141 cm³/mol. The van der Waals surface area contributed by atoms with Gasteiger partial charge < -0.3 is 31.3 Å². The van der Waals surface area contributed by atoms with Gasteiger partial charge in [0.05, 0.1) is 29.2 Å². The van der Waals surface area contributed by atoms with Gasteiger partial charge in [-0.25, -0.2) is 14.6 Å². The molecule has 38 heavy (non-hydrogen) atoms. The van der Waals surface area contributed by atoms with Crippen molar-refractivity contribution in [2.75, 3.05) is 13.6 Å². The minimum Gasteiger partial charge on any atom is -0.403 e. The van der Waals surface area contributed by atoms with E-state index >= 15 is 4.39 Å². The average Bonchev–Trinajstić information content (AvgIpc) is 3.47. The Hall–Kier alpha value is -4.12. The third-order valence-electron chi connectivity index (χ3n) is 7.26. The Morgan fingerprint density at radius 3 is 2.74 bits per heavy atom. The molecule has 2 heterocycles. The molecule has 0 spiro atoms. The number of nitrogens with two attached hydrogens (primary N) is 1. The van der Waals surface area contributed by atoms with Gasteiger partial charge in [-0.2, -0.15) is 0 Å². The number of nitrogens with one attached hydrogen (secondary N) is 5. The monoisotopic (exact) mass is 521 g/mol. The van der Waals surface area contributed by atoms with Crippen LogP contribution in [0.4, 0.5) is 4.39 Å². The van der Waals surface area contributed by atoms with E-state index in [-0.39, 0.29) is 35.7 Å².